The minimum absolute atomic E-state index is 0.291. The zero-order chi connectivity index (χ0) is 14.3. The van der Waals surface area contributed by atoms with Crippen LogP contribution in [0.1, 0.15) is 26.3 Å². The van der Waals surface area contributed by atoms with Crippen molar-refractivity contribution in [1.82, 2.24) is 4.90 Å². The van der Waals surface area contributed by atoms with E-state index < -0.39 is 0 Å². The molecule has 0 spiro atoms. The molecule has 0 atom stereocenters. The van der Waals surface area contributed by atoms with E-state index in [9.17, 15) is 4.79 Å². The summed E-state index contributed by atoms with van der Waals surface area (Å²) in [6.45, 7) is 7.72. The topological polar surface area (TPSA) is 29.5 Å². The van der Waals surface area contributed by atoms with Crippen molar-refractivity contribution < 1.29 is 9.53 Å². The average molecular weight is 282 g/mol. The lowest BCUT2D eigenvalue weighted by Crippen LogP contribution is -2.28. The van der Waals surface area contributed by atoms with E-state index in [0.29, 0.717) is 17.3 Å². The highest BCUT2D eigenvalue weighted by atomic mass is 35.5. The Balaban J connectivity index is 3.07. The summed E-state index contributed by atoms with van der Waals surface area (Å²) in [5.41, 5.74) is 1.51. The normalized spacial score (nSPS) is 11.3. The Morgan fingerprint density at radius 2 is 1.79 bits per heavy atom. The van der Waals surface area contributed by atoms with Crippen LogP contribution in [0.3, 0.4) is 0 Å². The third kappa shape index (κ3) is 4.60. The second-order valence-electron chi connectivity index (χ2n) is 3.97. The minimum Gasteiger partial charge on any atom is -0.461 e. The second kappa shape index (κ2) is 7.85. The van der Waals surface area contributed by atoms with Crippen LogP contribution in [-0.2, 0) is 9.53 Å². The molecule has 0 saturated carbocycles. The summed E-state index contributed by atoms with van der Waals surface area (Å²) in [7, 11) is 0. The maximum atomic E-state index is 12.0. The van der Waals surface area contributed by atoms with E-state index >= 15 is 0 Å². The fourth-order valence-corrected chi connectivity index (χ4v) is 1.89. The first-order chi connectivity index (χ1) is 9.12. The quantitative estimate of drug-likeness (QED) is 0.589. The number of rotatable bonds is 6. The van der Waals surface area contributed by atoms with Gasteiger partial charge in [0.1, 0.15) is 5.70 Å². The molecule has 0 aliphatic carbocycles. The second-order valence-corrected chi connectivity index (χ2v) is 4.41. The van der Waals surface area contributed by atoms with Gasteiger partial charge in [-0.1, -0.05) is 23.7 Å². The first-order valence-corrected chi connectivity index (χ1v) is 6.89. The molecule has 1 aromatic carbocycles. The lowest BCUT2D eigenvalue weighted by atomic mass is 10.2. The molecule has 3 nitrogen and oxygen atoms in total. The Labute approximate surface area is 119 Å². The molecule has 0 aromatic heterocycles. The van der Waals surface area contributed by atoms with Gasteiger partial charge < -0.3 is 9.64 Å². The molecule has 1 aromatic rings. The van der Waals surface area contributed by atoms with Crippen LogP contribution in [0, 0.1) is 0 Å². The monoisotopic (exact) mass is 281 g/mol. The highest BCUT2D eigenvalue weighted by molar-refractivity contribution is 6.30. The van der Waals surface area contributed by atoms with Gasteiger partial charge in [0.15, 0.2) is 0 Å². The van der Waals surface area contributed by atoms with E-state index in [0.717, 1.165) is 18.7 Å². The Bertz CT molecular complexity index is 436. The molecule has 0 amide bonds. The molecule has 0 aliphatic rings. The summed E-state index contributed by atoms with van der Waals surface area (Å²) in [6, 6.07) is 7.37. The Morgan fingerprint density at radius 1 is 1.21 bits per heavy atom. The molecule has 1 rings (SSSR count). The van der Waals surface area contributed by atoms with Gasteiger partial charge in [0.05, 0.1) is 6.61 Å². The number of carbonyl (C=O) groups is 1. The number of esters is 1. The molecule has 0 radical (unpaired) electrons. The van der Waals surface area contributed by atoms with Gasteiger partial charge in [-0.25, -0.2) is 4.79 Å². The van der Waals surface area contributed by atoms with Crippen molar-refractivity contribution in [2.24, 2.45) is 0 Å². The van der Waals surface area contributed by atoms with E-state index in [4.69, 9.17) is 16.3 Å². The van der Waals surface area contributed by atoms with Gasteiger partial charge >= 0.3 is 5.97 Å². The van der Waals surface area contributed by atoms with Crippen molar-refractivity contribution in [2.45, 2.75) is 20.8 Å². The van der Waals surface area contributed by atoms with Gasteiger partial charge in [0.25, 0.3) is 0 Å². The molecule has 0 fully saturated rings. The Kier molecular flexibility index (Phi) is 6.43. The van der Waals surface area contributed by atoms with Crippen molar-refractivity contribution in [3.05, 3.63) is 40.5 Å². The van der Waals surface area contributed by atoms with Gasteiger partial charge in [-0.2, -0.15) is 0 Å². The molecule has 0 aliphatic heterocycles. The number of likely N-dealkylation sites (N-methyl/N-ethyl adjacent to an activating group) is 1. The summed E-state index contributed by atoms with van der Waals surface area (Å²) in [6.07, 6.45) is 1.83. The molecular weight excluding hydrogens is 262 g/mol. The van der Waals surface area contributed by atoms with Gasteiger partial charge in [-0.05, 0) is 44.5 Å². The highest BCUT2D eigenvalue weighted by Crippen LogP contribution is 2.15. The van der Waals surface area contributed by atoms with Crippen molar-refractivity contribution in [2.75, 3.05) is 19.7 Å². The maximum absolute atomic E-state index is 12.0. The Morgan fingerprint density at radius 3 is 2.26 bits per heavy atom. The third-order valence-electron chi connectivity index (χ3n) is 2.76. The standard InChI is InChI=1S/C15H20ClNO2/c1-4-17(5-2)14(15(18)19-6-3)11-12-7-9-13(16)10-8-12/h7-11H,4-6H2,1-3H3/b14-11-. The van der Waals surface area contributed by atoms with Crippen molar-refractivity contribution >= 4 is 23.6 Å². The molecule has 0 heterocycles. The summed E-state index contributed by atoms with van der Waals surface area (Å²) >= 11 is 5.85. The molecule has 0 saturated heterocycles. The predicted molar refractivity (Wildman–Crippen MR) is 79.0 cm³/mol. The van der Waals surface area contributed by atoms with Crippen molar-refractivity contribution in [3.8, 4) is 0 Å². The molecule has 4 heteroatoms. The molecule has 104 valence electrons. The lowest BCUT2D eigenvalue weighted by molar-refractivity contribution is -0.140. The predicted octanol–water partition coefficient (Wildman–Crippen LogP) is 3.59. The van der Waals surface area contributed by atoms with Crippen LogP contribution in [0.5, 0.6) is 0 Å². The summed E-state index contributed by atoms with van der Waals surface area (Å²) in [4.78, 5) is 14.0. The van der Waals surface area contributed by atoms with Crippen LogP contribution in [0.25, 0.3) is 6.08 Å². The van der Waals surface area contributed by atoms with Crippen LogP contribution in [0.2, 0.25) is 5.02 Å². The number of hydrogen-bond donors (Lipinski definition) is 0. The molecular formula is C15H20ClNO2. The smallest absolute Gasteiger partial charge is 0.354 e. The fraction of sp³-hybridized carbons (Fsp3) is 0.400. The highest BCUT2D eigenvalue weighted by Gasteiger charge is 2.16. The fourth-order valence-electron chi connectivity index (χ4n) is 1.77. The van der Waals surface area contributed by atoms with E-state index in [2.05, 4.69) is 0 Å². The number of carbonyl (C=O) groups excluding carboxylic acids is 1. The minimum atomic E-state index is -0.291. The molecule has 0 bridgehead atoms. The SMILES string of the molecule is CCOC(=O)/C(=C/c1ccc(Cl)cc1)N(CC)CC. The van der Waals surface area contributed by atoms with E-state index in [1.54, 1.807) is 19.1 Å². The average Bonchev–Trinajstić information content (AvgIpc) is 2.41. The zero-order valence-corrected chi connectivity index (χ0v) is 12.4. The van der Waals surface area contributed by atoms with Crippen LogP contribution in [0.15, 0.2) is 30.0 Å². The largest absolute Gasteiger partial charge is 0.461 e. The summed E-state index contributed by atoms with van der Waals surface area (Å²) in [5, 5.41) is 0.678. The number of halogens is 1. The number of benzene rings is 1. The number of hydrogen-bond acceptors (Lipinski definition) is 3. The van der Waals surface area contributed by atoms with E-state index in [1.807, 2.05) is 37.0 Å². The van der Waals surface area contributed by atoms with Crippen LogP contribution >= 0.6 is 11.6 Å². The van der Waals surface area contributed by atoms with Crippen LogP contribution in [0.4, 0.5) is 0 Å². The van der Waals surface area contributed by atoms with E-state index in [1.165, 1.54) is 0 Å². The molecule has 0 unspecified atom stereocenters. The van der Waals surface area contributed by atoms with Crippen LogP contribution in [-0.4, -0.2) is 30.6 Å². The van der Waals surface area contributed by atoms with Gasteiger partial charge in [-0.15, -0.1) is 0 Å². The van der Waals surface area contributed by atoms with Crippen LogP contribution < -0.4 is 0 Å². The van der Waals surface area contributed by atoms with E-state index in [-0.39, 0.29) is 5.97 Å². The number of nitrogens with zero attached hydrogens (tertiary/aromatic N) is 1. The summed E-state index contributed by atoms with van der Waals surface area (Å²) < 4.78 is 5.11. The van der Waals surface area contributed by atoms with Crippen molar-refractivity contribution in [3.63, 3.8) is 0 Å². The summed E-state index contributed by atoms with van der Waals surface area (Å²) in [5.74, 6) is -0.291. The third-order valence-corrected chi connectivity index (χ3v) is 3.01. The maximum Gasteiger partial charge on any atom is 0.354 e. The lowest BCUT2D eigenvalue weighted by Gasteiger charge is -2.22. The first kappa shape index (κ1) is 15.6. The number of ether oxygens (including phenoxy) is 1. The van der Waals surface area contributed by atoms with Gasteiger partial charge in [-0.3, -0.25) is 0 Å². The van der Waals surface area contributed by atoms with Crippen molar-refractivity contribution in [1.29, 1.82) is 0 Å². The van der Waals surface area contributed by atoms with Gasteiger partial charge in [0, 0.05) is 18.1 Å². The first-order valence-electron chi connectivity index (χ1n) is 6.51. The molecule has 0 N–H and O–H groups in total. The zero-order valence-electron chi connectivity index (χ0n) is 11.6. The molecule has 19 heavy (non-hydrogen) atoms. The van der Waals surface area contributed by atoms with Gasteiger partial charge in [0.2, 0.25) is 0 Å². The Hall–Kier alpha value is -1.48.